The first-order valence-corrected chi connectivity index (χ1v) is 9.26. The average Bonchev–Trinajstić information content (AvgIpc) is 2.33. The van der Waals surface area contributed by atoms with Gasteiger partial charge in [-0.15, -0.1) is 0 Å². The van der Waals surface area contributed by atoms with Crippen LogP contribution in [0.5, 0.6) is 0 Å². The third-order valence-corrected chi connectivity index (χ3v) is 6.31. The van der Waals surface area contributed by atoms with Gasteiger partial charge in [0.15, 0.2) is 0 Å². The van der Waals surface area contributed by atoms with Gasteiger partial charge in [0, 0.05) is 0 Å². The van der Waals surface area contributed by atoms with Crippen molar-refractivity contribution in [2.75, 3.05) is 16.2 Å². The number of rotatable bonds is 7. The molecule has 0 saturated heterocycles. The van der Waals surface area contributed by atoms with Crippen LogP contribution in [0.3, 0.4) is 0 Å². The van der Waals surface area contributed by atoms with E-state index in [9.17, 15) is 12.8 Å². The molecule has 0 unspecified atom stereocenters. The number of anilines is 1. The zero-order valence-electron chi connectivity index (χ0n) is 11.7. The van der Waals surface area contributed by atoms with Gasteiger partial charge >= 0.3 is 0 Å². The first-order chi connectivity index (χ1) is 9.19. The van der Waals surface area contributed by atoms with E-state index in [-0.39, 0.29) is 10.7 Å². The van der Waals surface area contributed by atoms with E-state index in [1.54, 1.807) is 25.6 Å². The highest BCUT2D eigenvalue weighted by Crippen LogP contribution is 2.27. The molecule has 1 aromatic carbocycles. The lowest BCUT2D eigenvalue weighted by molar-refractivity contribution is 0.545. The Morgan fingerprint density at radius 2 is 2.05 bits per heavy atom. The summed E-state index contributed by atoms with van der Waals surface area (Å²) in [7, 11) is -3.57. The third kappa shape index (κ3) is 4.53. The number of halogens is 2. The van der Waals surface area contributed by atoms with Gasteiger partial charge in [0.25, 0.3) is 0 Å². The predicted octanol–water partition coefficient (Wildman–Crippen LogP) is 4.14. The molecule has 0 fully saturated rings. The summed E-state index contributed by atoms with van der Waals surface area (Å²) >= 11 is 7.35. The predicted molar refractivity (Wildman–Crippen MR) is 85.6 cm³/mol. The summed E-state index contributed by atoms with van der Waals surface area (Å²) in [5, 5.41) is -0.107. The van der Waals surface area contributed by atoms with E-state index in [0.29, 0.717) is 6.42 Å². The lowest BCUT2D eigenvalue weighted by Gasteiger charge is -2.25. The molecule has 0 heterocycles. The summed E-state index contributed by atoms with van der Waals surface area (Å²) in [4.78, 5) is 0. The van der Waals surface area contributed by atoms with Gasteiger partial charge in [-0.25, -0.2) is 12.8 Å². The topological polar surface area (TPSA) is 46.2 Å². The molecular weight excluding hydrogens is 321 g/mol. The molecule has 0 aliphatic carbocycles. The highest BCUT2D eigenvalue weighted by Gasteiger charge is 2.33. The molecule has 3 nitrogen and oxygen atoms in total. The van der Waals surface area contributed by atoms with E-state index in [1.807, 2.05) is 6.92 Å². The SMILES string of the molecule is CCSCCC(C)(C)S(=O)(=O)Nc1ccc(F)c(Cl)c1. The fourth-order valence-corrected chi connectivity index (χ4v) is 3.79. The number of hydrogen-bond acceptors (Lipinski definition) is 3. The molecule has 20 heavy (non-hydrogen) atoms. The summed E-state index contributed by atoms with van der Waals surface area (Å²) in [5.74, 6) is 1.15. The van der Waals surface area contributed by atoms with Gasteiger partial charge in [0.1, 0.15) is 5.82 Å². The second kappa shape index (κ2) is 7.00. The highest BCUT2D eigenvalue weighted by atomic mass is 35.5. The zero-order valence-corrected chi connectivity index (χ0v) is 14.1. The molecule has 0 atom stereocenters. The Hall–Kier alpha value is -0.460. The van der Waals surface area contributed by atoms with Crippen LogP contribution >= 0.6 is 23.4 Å². The Labute approximate surface area is 129 Å². The van der Waals surface area contributed by atoms with Crippen molar-refractivity contribution < 1.29 is 12.8 Å². The van der Waals surface area contributed by atoms with Gasteiger partial charge in [-0.05, 0) is 50.0 Å². The van der Waals surface area contributed by atoms with Crippen LogP contribution in [0.2, 0.25) is 5.02 Å². The van der Waals surface area contributed by atoms with Crippen molar-refractivity contribution in [2.45, 2.75) is 31.9 Å². The van der Waals surface area contributed by atoms with Crippen molar-refractivity contribution in [1.82, 2.24) is 0 Å². The van der Waals surface area contributed by atoms with Crippen molar-refractivity contribution in [1.29, 1.82) is 0 Å². The maximum atomic E-state index is 13.1. The van der Waals surface area contributed by atoms with E-state index >= 15 is 0 Å². The Morgan fingerprint density at radius 1 is 1.40 bits per heavy atom. The molecule has 0 radical (unpaired) electrons. The molecule has 0 aliphatic heterocycles. The van der Waals surface area contributed by atoms with Crippen LogP contribution in [0.15, 0.2) is 18.2 Å². The molecule has 1 N–H and O–H groups in total. The summed E-state index contributed by atoms with van der Waals surface area (Å²) < 4.78 is 39.3. The minimum atomic E-state index is -3.57. The molecule has 0 bridgehead atoms. The lowest BCUT2D eigenvalue weighted by Crippen LogP contribution is -2.37. The minimum absolute atomic E-state index is 0.107. The summed E-state index contributed by atoms with van der Waals surface area (Å²) in [6.45, 7) is 5.39. The maximum absolute atomic E-state index is 13.1. The molecule has 114 valence electrons. The molecule has 0 aliphatic rings. The molecular formula is C13H19ClFNO2S2. The van der Waals surface area contributed by atoms with Gasteiger partial charge < -0.3 is 0 Å². The summed E-state index contributed by atoms with van der Waals surface area (Å²) in [5.41, 5.74) is 0.271. The molecule has 1 aromatic rings. The first-order valence-electron chi connectivity index (χ1n) is 6.25. The largest absolute Gasteiger partial charge is 0.283 e. The minimum Gasteiger partial charge on any atom is -0.283 e. The van der Waals surface area contributed by atoms with Gasteiger partial charge in [0.05, 0.1) is 15.5 Å². The van der Waals surface area contributed by atoms with Crippen molar-refractivity contribution in [3.63, 3.8) is 0 Å². The van der Waals surface area contributed by atoms with Crippen molar-refractivity contribution in [3.05, 3.63) is 29.0 Å². The van der Waals surface area contributed by atoms with Crippen LogP contribution in [-0.2, 0) is 10.0 Å². The molecule has 0 saturated carbocycles. The number of nitrogens with one attached hydrogen (secondary N) is 1. The first kappa shape index (κ1) is 17.6. The average molecular weight is 340 g/mol. The van der Waals surface area contributed by atoms with Crippen molar-refractivity contribution >= 4 is 39.1 Å². The number of benzene rings is 1. The summed E-state index contributed by atoms with van der Waals surface area (Å²) in [6, 6.07) is 3.76. The Bertz CT molecular complexity index is 561. The van der Waals surface area contributed by atoms with E-state index < -0.39 is 20.6 Å². The second-order valence-corrected chi connectivity index (χ2v) is 9.06. The maximum Gasteiger partial charge on any atom is 0.237 e. The Kier molecular flexibility index (Phi) is 6.16. The van der Waals surface area contributed by atoms with Gasteiger partial charge in [-0.2, -0.15) is 11.8 Å². The normalized spacial score (nSPS) is 12.4. The van der Waals surface area contributed by atoms with E-state index in [4.69, 9.17) is 11.6 Å². The van der Waals surface area contributed by atoms with Gasteiger partial charge in [0.2, 0.25) is 10.0 Å². The van der Waals surface area contributed by atoms with Crippen LogP contribution in [0.25, 0.3) is 0 Å². The monoisotopic (exact) mass is 339 g/mol. The van der Waals surface area contributed by atoms with Crippen LogP contribution < -0.4 is 4.72 Å². The van der Waals surface area contributed by atoms with Crippen LogP contribution in [-0.4, -0.2) is 24.7 Å². The smallest absolute Gasteiger partial charge is 0.237 e. The number of thioether (sulfide) groups is 1. The standard InChI is InChI=1S/C13H19ClFNO2S2/c1-4-19-8-7-13(2,3)20(17,18)16-10-5-6-12(15)11(14)9-10/h5-6,9,16H,4,7-8H2,1-3H3. The highest BCUT2D eigenvalue weighted by molar-refractivity contribution is 7.99. The van der Waals surface area contributed by atoms with E-state index in [2.05, 4.69) is 4.72 Å². The number of hydrogen-bond donors (Lipinski definition) is 1. The molecule has 0 spiro atoms. The van der Waals surface area contributed by atoms with E-state index in [1.165, 1.54) is 12.1 Å². The molecule has 0 aromatic heterocycles. The second-order valence-electron chi connectivity index (χ2n) is 4.94. The fourth-order valence-electron chi connectivity index (χ4n) is 1.45. The third-order valence-electron chi connectivity index (χ3n) is 2.95. The van der Waals surface area contributed by atoms with Gasteiger partial charge in [-0.1, -0.05) is 18.5 Å². The Morgan fingerprint density at radius 3 is 2.60 bits per heavy atom. The van der Waals surface area contributed by atoms with Crippen LogP contribution in [0.1, 0.15) is 27.2 Å². The van der Waals surface area contributed by atoms with Crippen LogP contribution in [0.4, 0.5) is 10.1 Å². The Balaban J connectivity index is 2.85. The molecule has 7 heteroatoms. The van der Waals surface area contributed by atoms with Crippen molar-refractivity contribution in [3.8, 4) is 0 Å². The quantitative estimate of drug-likeness (QED) is 0.759. The van der Waals surface area contributed by atoms with Crippen molar-refractivity contribution in [2.24, 2.45) is 0 Å². The van der Waals surface area contributed by atoms with Crippen LogP contribution in [0, 0.1) is 5.82 Å². The number of sulfonamides is 1. The molecule has 0 amide bonds. The molecule has 1 rings (SSSR count). The fraction of sp³-hybridized carbons (Fsp3) is 0.538. The summed E-state index contributed by atoms with van der Waals surface area (Å²) in [6.07, 6.45) is 0.537. The van der Waals surface area contributed by atoms with Gasteiger partial charge in [-0.3, -0.25) is 4.72 Å². The lowest BCUT2D eigenvalue weighted by atomic mass is 10.1. The zero-order chi connectivity index (χ0) is 15.4. The van der Waals surface area contributed by atoms with E-state index in [0.717, 1.165) is 17.6 Å².